The molecule has 21 heavy (non-hydrogen) atoms. The third kappa shape index (κ3) is 3.27. The Labute approximate surface area is 127 Å². The highest BCUT2D eigenvalue weighted by molar-refractivity contribution is 5.45. The van der Waals surface area contributed by atoms with Crippen LogP contribution in [0.3, 0.4) is 0 Å². The SMILES string of the molecule is COc1c(C)cc(C(O)c2ccc(C(C)C)cc2)cc1C. The Hall–Kier alpha value is -1.80. The molecule has 0 saturated carbocycles. The average molecular weight is 284 g/mol. The van der Waals surface area contributed by atoms with Crippen molar-refractivity contribution in [1.82, 2.24) is 0 Å². The van der Waals surface area contributed by atoms with E-state index in [2.05, 4.69) is 26.0 Å². The van der Waals surface area contributed by atoms with E-state index in [1.807, 2.05) is 38.1 Å². The Balaban J connectivity index is 2.33. The maximum Gasteiger partial charge on any atom is 0.124 e. The van der Waals surface area contributed by atoms with Gasteiger partial charge in [-0.1, -0.05) is 38.1 Å². The molecule has 2 heteroatoms. The molecule has 1 N–H and O–H groups in total. The number of rotatable bonds is 4. The van der Waals surface area contributed by atoms with E-state index < -0.39 is 6.10 Å². The topological polar surface area (TPSA) is 29.5 Å². The first-order chi connectivity index (χ1) is 9.93. The minimum atomic E-state index is -0.602. The maximum atomic E-state index is 10.6. The van der Waals surface area contributed by atoms with Crippen LogP contribution in [0.1, 0.15) is 53.7 Å². The highest BCUT2D eigenvalue weighted by Gasteiger charge is 2.14. The van der Waals surface area contributed by atoms with Crippen LogP contribution in [0.2, 0.25) is 0 Å². The Morgan fingerprint density at radius 2 is 1.33 bits per heavy atom. The molecule has 1 atom stereocenters. The quantitative estimate of drug-likeness (QED) is 0.894. The molecule has 2 aromatic rings. The molecule has 0 aliphatic heterocycles. The smallest absolute Gasteiger partial charge is 0.124 e. The van der Waals surface area contributed by atoms with Crippen LogP contribution >= 0.6 is 0 Å². The maximum absolute atomic E-state index is 10.6. The van der Waals surface area contributed by atoms with Gasteiger partial charge >= 0.3 is 0 Å². The first-order valence-electron chi connectivity index (χ1n) is 7.37. The zero-order valence-electron chi connectivity index (χ0n) is 13.5. The number of aliphatic hydroxyl groups is 1. The van der Waals surface area contributed by atoms with E-state index in [1.54, 1.807) is 7.11 Å². The summed E-state index contributed by atoms with van der Waals surface area (Å²) in [6.07, 6.45) is -0.602. The number of ether oxygens (including phenoxy) is 1. The second-order valence-electron chi connectivity index (χ2n) is 5.91. The normalized spacial score (nSPS) is 12.5. The Morgan fingerprint density at radius 3 is 1.76 bits per heavy atom. The Kier molecular flexibility index (Phi) is 4.69. The standard InChI is InChI=1S/C19H24O2/c1-12(2)15-6-8-16(9-7-15)18(20)17-10-13(3)19(21-5)14(4)11-17/h6-12,18,20H,1-5H3. The van der Waals surface area contributed by atoms with Gasteiger partial charge < -0.3 is 9.84 Å². The first kappa shape index (κ1) is 15.6. The van der Waals surface area contributed by atoms with Gasteiger partial charge in [-0.3, -0.25) is 0 Å². The van der Waals surface area contributed by atoms with Crippen molar-refractivity contribution in [2.24, 2.45) is 0 Å². The predicted octanol–water partition coefficient (Wildman–Crippen LogP) is 4.52. The van der Waals surface area contributed by atoms with Gasteiger partial charge in [0.05, 0.1) is 7.11 Å². The lowest BCUT2D eigenvalue weighted by Crippen LogP contribution is -2.02. The third-order valence-electron chi connectivity index (χ3n) is 3.92. The minimum Gasteiger partial charge on any atom is -0.496 e. The number of methoxy groups -OCH3 is 1. The van der Waals surface area contributed by atoms with Crippen LogP contribution < -0.4 is 4.74 Å². The van der Waals surface area contributed by atoms with Crippen molar-refractivity contribution in [3.8, 4) is 5.75 Å². The van der Waals surface area contributed by atoms with Crippen molar-refractivity contribution < 1.29 is 9.84 Å². The van der Waals surface area contributed by atoms with Crippen LogP contribution in [-0.4, -0.2) is 12.2 Å². The number of aryl methyl sites for hydroxylation is 2. The molecular formula is C19H24O2. The summed E-state index contributed by atoms with van der Waals surface area (Å²) < 4.78 is 5.38. The van der Waals surface area contributed by atoms with Gasteiger partial charge in [0, 0.05) is 0 Å². The number of benzene rings is 2. The molecule has 1 unspecified atom stereocenters. The lowest BCUT2D eigenvalue weighted by Gasteiger charge is -2.16. The van der Waals surface area contributed by atoms with Crippen molar-refractivity contribution in [2.75, 3.05) is 7.11 Å². The summed E-state index contributed by atoms with van der Waals surface area (Å²) in [4.78, 5) is 0. The minimum absolute atomic E-state index is 0.502. The monoisotopic (exact) mass is 284 g/mol. The van der Waals surface area contributed by atoms with Crippen LogP contribution in [-0.2, 0) is 0 Å². The van der Waals surface area contributed by atoms with Gasteiger partial charge in [-0.15, -0.1) is 0 Å². The van der Waals surface area contributed by atoms with E-state index in [9.17, 15) is 5.11 Å². The van der Waals surface area contributed by atoms with Crippen molar-refractivity contribution in [3.05, 3.63) is 64.2 Å². The second-order valence-corrected chi connectivity index (χ2v) is 5.91. The zero-order chi connectivity index (χ0) is 15.6. The molecular weight excluding hydrogens is 260 g/mol. The van der Waals surface area contributed by atoms with Crippen molar-refractivity contribution >= 4 is 0 Å². The molecule has 0 amide bonds. The van der Waals surface area contributed by atoms with E-state index in [4.69, 9.17) is 4.74 Å². The molecule has 2 aromatic carbocycles. The van der Waals surface area contributed by atoms with Gasteiger partial charge in [-0.2, -0.15) is 0 Å². The zero-order valence-corrected chi connectivity index (χ0v) is 13.5. The highest BCUT2D eigenvalue weighted by atomic mass is 16.5. The van der Waals surface area contributed by atoms with Crippen molar-refractivity contribution in [2.45, 2.75) is 39.7 Å². The molecule has 0 heterocycles. The fraction of sp³-hybridized carbons (Fsp3) is 0.368. The van der Waals surface area contributed by atoms with Crippen LogP contribution in [0.15, 0.2) is 36.4 Å². The average Bonchev–Trinajstić information content (AvgIpc) is 2.46. The van der Waals surface area contributed by atoms with Crippen LogP contribution in [0, 0.1) is 13.8 Å². The molecule has 0 bridgehead atoms. The summed E-state index contributed by atoms with van der Waals surface area (Å²) in [7, 11) is 1.68. The largest absolute Gasteiger partial charge is 0.496 e. The summed E-state index contributed by atoms with van der Waals surface area (Å²) >= 11 is 0. The van der Waals surface area contributed by atoms with Crippen molar-refractivity contribution in [3.63, 3.8) is 0 Å². The third-order valence-corrected chi connectivity index (χ3v) is 3.92. The molecule has 0 fully saturated rings. The van der Waals surface area contributed by atoms with Crippen LogP contribution in [0.25, 0.3) is 0 Å². The summed E-state index contributed by atoms with van der Waals surface area (Å²) in [6.45, 7) is 8.34. The fourth-order valence-corrected chi connectivity index (χ4v) is 2.72. The molecule has 112 valence electrons. The van der Waals surface area contributed by atoms with Crippen LogP contribution in [0.4, 0.5) is 0 Å². The van der Waals surface area contributed by atoms with Crippen molar-refractivity contribution in [1.29, 1.82) is 0 Å². The van der Waals surface area contributed by atoms with Gasteiger partial charge in [0.15, 0.2) is 0 Å². The molecule has 0 radical (unpaired) electrons. The molecule has 2 nitrogen and oxygen atoms in total. The lowest BCUT2D eigenvalue weighted by atomic mass is 9.95. The van der Waals surface area contributed by atoms with E-state index in [1.165, 1.54) is 5.56 Å². The Morgan fingerprint density at radius 1 is 0.857 bits per heavy atom. The summed E-state index contributed by atoms with van der Waals surface area (Å²) in [6, 6.07) is 12.2. The van der Waals surface area contributed by atoms with E-state index in [0.29, 0.717) is 5.92 Å². The van der Waals surface area contributed by atoms with Gasteiger partial charge in [0.2, 0.25) is 0 Å². The van der Waals surface area contributed by atoms with Crippen LogP contribution in [0.5, 0.6) is 5.75 Å². The van der Waals surface area contributed by atoms with Gasteiger partial charge in [0.1, 0.15) is 11.9 Å². The summed E-state index contributed by atoms with van der Waals surface area (Å²) in [5, 5.41) is 10.6. The molecule has 0 aliphatic carbocycles. The van der Waals surface area contributed by atoms with Gasteiger partial charge in [-0.25, -0.2) is 0 Å². The molecule has 0 aromatic heterocycles. The highest BCUT2D eigenvalue weighted by Crippen LogP contribution is 2.30. The predicted molar refractivity (Wildman–Crippen MR) is 87.1 cm³/mol. The first-order valence-corrected chi connectivity index (χ1v) is 7.37. The molecule has 0 aliphatic rings. The summed E-state index contributed by atoms with van der Waals surface area (Å²) in [5.41, 5.74) is 5.20. The molecule has 2 rings (SSSR count). The number of hydrogen-bond donors (Lipinski definition) is 1. The van der Waals surface area contributed by atoms with Gasteiger partial charge in [0.25, 0.3) is 0 Å². The van der Waals surface area contributed by atoms with E-state index in [0.717, 1.165) is 28.0 Å². The second kappa shape index (κ2) is 6.31. The Bertz CT molecular complexity index is 589. The summed E-state index contributed by atoms with van der Waals surface area (Å²) in [5.74, 6) is 1.39. The fourth-order valence-electron chi connectivity index (χ4n) is 2.72. The van der Waals surface area contributed by atoms with E-state index in [-0.39, 0.29) is 0 Å². The van der Waals surface area contributed by atoms with Gasteiger partial charge in [-0.05, 0) is 59.7 Å². The molecule has 0 spiro atoms. The van der Waals surface area contributed by atoms with E-state index >= 15 is 0 Å². The number of aliphatic hydroxyl groups excluding tert-OH is 1. The number of hydrogen-bond acceptors (Lipinski definition) is 2. The molecule has 0 saturated heterocycles. The lowest BCUT2D eigenvalue weighted by molar-refractivity contribution is 0.220.